The summed E-state index contributed by atoms with van der Waals surface area (Å²) in [5.41, 5.74) is 1.39. The Balaban J connectivity index is 1.57. The minimum Gasteiger partial charge on any atom is -0.461 e. The highest BCUT2D eigenvalue weighted by Crippen LogP contribution is 2.27. The van der Waals surface area contributed by atoms with Crippen molar-refractivity contribution in [1.29, 1.82) is 0 Å². The molecule has 2 aromatic heterocycles. The molecule has 1 fully saturated rings. The van der Waals surface area contributed by atoms with Crippen LogP contribution in [0, 0.1) is 6.92 Å². The van der Waals surface area contributed by atoms with E-state index in [0.717, 1.165) is 43.5 Å². The summed E-state index contributed by atoms with van der Waals surface area (Å²) in [7, 11) is 0. The Morgan fingerprint density at radius 3 is 3.08 bits per heavy atom. The second-order valence-corrected chi connectivity index (χ2v) is 6.79. The first-order valence-electron chi connectivity index (χ1n) is 9.00. The number of piperidine rings is 1. The number of amides is 1. The van der Waals surface area contributed by atoms with Crippen molar-refractivity contribution < 1.29 is 9.21 Å². The second-order valence-electron chi connectivity index (χ2n) is 6.79. The van der Waals surface area contributed by atoms with Crippen LogP contribution in [0.1, 0.15) is 41.8 Å². The van der Waals surface area contributed by atoms with Gasteiger partial charge < -0.3 is 9.32 Å². The number of carbonyl (C=O) groups excluding carboxylic acids is 1. The molecule has 3 aromatic rings. The summed E-state index contributed by atoms with van der Waals surface area (Å²) in [6, 6.07) is 9.99. The van der Waals surface area contributed by atoms with E-state index in [9.17, 15) is 4.79 Å². The predicted octanol–water partition coefficient (Wildman–Crippen LogP) is 4.02. The van der Waals surface area contributed by atoms with E-state index in [2.05, 4.69) is 5.10 Å². The highest BCUT2D eigenvalue weighted by Gasteiger charge is 2.29. The summed E-state index contributed by atoms with van der Waals surface area (Å²) in [6.07, 6.45) is 8.00. The van der Waals surface area contributed by atoms with Gasteiger partial charge in [-0.3, -0.25) is 9.48 Å². The van der Waals surface area contributed by atoms with Gasteiger partial charge in [-0.05, 0) is 50.8 Å². The molecule has 5 heteroatoms. The van der Waals surface area contributed by atoms with E-state index in [1.807, 2.05) is 53.0 Å². The fourth-order valence-corrected chi connectivity index (χ4v) is 3.80. The van der Waals surface area contributed by atoms with Crippen molar-refractivity contribution in [2.45, 2.75) is 45.2 Å². The van der Waals surface area contributed by atoms with Gasteiger partial charge >= 0.3 is 0 Å². The van der Waals surface area contributed by atoms with Crippen molar-refractivity contribution >= 4 is 16.9 Å². The summed E-state index contributed by atoms with van der Waals surface area (Å²) < 4.78 is 7.74. The Bertz CT molecular complexity index is 866. The third-order valence-corrected chi connectivity index (χ3v) is 5.04. The van der Waals surface area contributed by atoms with Crippen LogP contribution < -0.4 is 0 Å². The molecule has 0 radical (unpaired) electrons. The molecule has 1 aliphatic heterocycles. The minimum absolute atomic E-state index is 0.0881. The summed E-state index contributed by atoms with van der Waals surface area (Å²) in [6.45, 7) is 3.58. The maximum Gasteiger partial charge on any atom is 0.257 e. The molecule has 0 spiro atoms. The van der Waals surface area contributed by atoms with Gasteiger partial charge in [0.15, 0.2) is 0 Å². The molecule has 0 bridgehead atoms. The Morgan fingerprint density at radius 2 is 2.24 bits per heavy atom. The monoisotopic (exact) mass is 337 g/mol. The van der Waals surface area contributed by atoms with Gasteiger partial charge in [-0.15, -0.1) is 0 Å². The van der Waals surface area contributed by atoms with Crippen LogP contribution in [0.5, 0.6) is 0 Å². The van der Waals surface area contributed by atoms with Crippen LogP contribution in [0.25, 0.3) is 11.0 Å². The number of aryl methyl sites for hydroxylation is 2. The van der Waals surface area contributed by atoms with E-state index in [-0.39, 0.29) is 11.9 Å². The number of rotatable bonds is 4. The van der Waals surface area contributed by atoms with Crippen molar-refractivity contribution in [3.8, 4) is 0 Å². The Kier molecular flexibility index (Phi) is 4.30. The lowest BCUT2D eigenvalue weighted by Gasteiger charge is -2.36. The molecular formula is C20H23N3O2. The van der Waals surface area contributed by atoms with E-state index in [4.69, 9.17) is 4.42 Å². The summed E-state index contributed by atoms with van der Waals surface area (Å²) in [4.78, 5) is 15.3. The number of furan rings is 1. The van der Waals surface area contributed by atoms with Gasteiger partial charge in [0.05, 0.1) is 5.56 Å². The normalized spacial score (nSPS) is 18.0. The fraction of sp³-hybridized carbons (Fsp3) is 0.400. The van der Waals surface area contributed by atoms with E-state index in [1.54, 1.807) is 6.20 Å². The molecule has 1 aromatic carbocycles. The molecule has 5 nitrogen and oxygen atoms in total. The van der Waals surface area contributed by atoms with Crippen LogP contribution in [0.4, 0.5) is 0 Å². The van der Waals surface area contributed by atoms with Gasteiger partial charge in [0.25, 0.3) is 5.91 Å². The van der Waals surface area contributed by atoms with Gasteiger partial charge in [-0.2, -0.15) is 5.10 Å². The number of hydrogen-bond donors (Lipinski definition) is 0. The van der Waals surface area contributed by atoms with Crippen LogP contribution in [0.3, 0.4) is 0 Å². The number of likely N-dealkylation sites (tertiary alicyclic amines) is 1. The van der Waals surface area contributed by atoms with Crippen LogP contribution in [-0.2, 0) is 6.54 Å². The lowest BCUT2D eigenvalue weighted by atomic mass is 9.98. The summed E-state index contributed by atoms with van der Waals surface area (Å²) in [5, 5.41) is 5.26. The number of benzene rings is 1. The van der Waals surface area contributed by atoms with E-state index in [1.165, 1.54) is 6.42 Å². The Hall–Kier alpha value is -2.56. The van der Waals surface area contributed by atoms with Crippen molar-refractivity contribution in [1.82, 2.24) is 14.7 Å². The Labute approximate surface area is 147 Å². The number of fused-ring (bicyclic) bond motifs is 1. The third-order valence-electron chi connectivity index (χ3n) is 5.04. The molecule has 0 saturated carbocycles. The quantitative estimate of drug-likeness (QED) is 0.722. The van der Waals surface area contributed by atoms with Crippen LogP contribution in [-0.4, -0.2) is 33.2 Å². The number of carbonyl (C=O) groups is 1. The molecule has 3 heterocycles. The van der Waals surface area contributed by atoms with E-state index in [0.29, 0.717) is 11.1 Å². The number of aromatic nitrogens is 2. The lowest BCUT2D eigenvalue weighted by molar-refractivity contribution is 0.0595. The van der Waals surface area contributed by atoms with Gasteiger partial charge in [-0.25, -0.2) is 0 Å². The molecule has 0 unspecified atom stereocenters. The van der Waals surface area contributed by atoms with Gasteiger partial charge in [0.2, 0.25) is 0 Å². The summed E-state index contributed by atoms with van der Waals surface area (Å²) in [5.74, 6) is 0.925. The summed E-state index contributed by atoms with van der Waals surface area (Å²) >= 11 is 0. The maximum absolute atomic E-state index is 13.2. The first kappa shape index (κ1) is 15.9. The van der Waals surface area contributed by atoms with Crippen LogP contribution in [0.2, 0.25) is 0 Å². The zero-order valence-corrected chi connectivity index (χ0v) is 14.5. The molecule has 1 aliphatic rings. The van der Waals surface area contributed by atoms with Gasteiger partial charge in [0.1, 0.15) is 11.3 Å². The van der Waals surface area contributed by atoms with Crippen molar-refractivity contribution in [2.24, 2.45) is 0 Å². The van der Waals surface area contributed by atoms with Crippen LogP contribution >= 0.6 is 0 Å². The van der Waals surface area contributed by atoms with Crippen molar-refractivity contribution in [3.63, 3.8) is 0 Å². The molecule has 0 aliphatic carbocycles. The van der Waals surface area contributed by atoms with E-state index >= 15 is 0 Å². The Morgan fingerprint density at radius 1 is 1.32 bits per heavy atom. The molecule has 4 rings (SSSR count). The van der Waals surface area contributed by atoms with E-state index < -0.39 is 0 Å². The largest absolute Gasteiger partial charge is 0.461 e. The standard InChI is InChI=1S/C20H23N3O2/c1-15-14-16-6-4-8-18(19(16)25-15)20(24)23-12-3-2-7-17(23)9-13-22-11-5-10-21-22/h4-6,8,10-11,14,17H,2-3,7,9,12-13H2,1H3/t17-/m1/s1. The smallest absolute Gasteiger partial charge is 0.257 e. The lowest BCUT2D eigenvalue weighted by Crippen LogP contribution is -2.44. The molecule has 25 heavy (non-hydrogen) atoms. The molecule has 1 amide bonds. The molecule has 1 saturated heterocycles. The molecule has 130 valence electrons. The number of para-hydroxylation sites is 1. The molecule has 1 atom stereocenters. The predicted molar refractivity (Wildman–Crippen MR) is 96.5 cm³/mol. The fourth-order valence-electron chi connectivity index (χ4n) is 3.80. The van der Waals surface area contributed by atoms with Crippen molar-refractivity contribution in [3.05, 3.63) is 54.0 Å². The third kappa shape index (κ3) is 3.18. The zero-order valence-electron chi connectivity index (χ0n) is 14.5. The second kappa shape index (κ2) is 6.75. The van der Waals surface area contributed by atoms with Gasteiger partial charge in [0, 0.05) is 36.9 Å². The molecular weight excluding hydrogens is 314 g/mol. The average molecular weight is 337 g/mol. The van der Waals surface area contributed by atoms with Gasteiger partial charge in [-0.1, -0.05) is 12.1 Å². The van der Waals surface area contributed by atoms with Crippen LogP contribution in [0.15, 0.2) is 47.1 Å². The average Bonchev–Trinajstić information content (AvgIpc) is 3.27. The molecule has 0 N–H and O–H groups in total. The van der Waals surface area contributed by atoms with Crippen molar-refractivity contribution in [2.75, 3.05) is 6.54 Å². The maximum atomic E-state index is 13.2. The first-order valence-corrected chi connectivity index (χ1v) is 9.00. The minimum atomic E-state index is 0.0881. The SMILES string of the molecule is Cc1cc2cccc(C(=O)N3CCCC[C@@H]3CCn3cccn3)c2o1. The highest BCUT2D eigenvalue weighted by atomic mass is 16.3. The number of hydrogen-bond acceptors (Lipinski definition) is 3. The topological polar surface area (TPSA) is 51.3 Å². The highest BCUT2D eigenvalue weighted by molar-refractivity contribution is 6.05. The number of nitrogens with zero attached hydrogens (tertiary/aromatic N) is 3. The first-order chi connectivity index (χ1) is 12.2. The zero-order chi connectivity index (χ0) is 17.2.